The van der Waals surface area contributed by atoms with E-state index in [0.29, 0.717) is 11.1 Å². The Morgan fingerprint density at radius 3 is 2.27 bits per heavy atom. The largest absolute Gasteiger partial charge is 0.508 e. The van der Waals surface area contributed by atoms with Crippen molar-refractivity contribution in [3.05, 3.63) is 77.4 Å². The van der Waals surface area contributed by atoms with Crippen molar-refractivity contribution in [1.82, 2.24) is 0 Å². The van der Waals surface area contributed by atoms with E-state index in [4.69, 9.17) is 23.7 Å². The molecule has 1 fully saturated rings. The second kappa shape index (κ2) is 12.8. The van der Waals surface area contributed by atoms with Crippen molar-refractivity contribution in [2.75, 3.05) is 13.7 Å². The summed E-state index contributed by atoms with van der Waals surface area (Å²) in [7, 11) is 1.21. The van der Waals surface area contributed by atoms with Gasteiger partial charge < -0.3 is 54.3 Å². The summed E-state index contributed by atoms with van der Waals surface area (Å²) in [6.07, 6.45) is -6.50. The van der Waals surface area contributed by atoms with Gasteiger partial charge in [-0.25, -0.2) is 4.79 Å². The standard InChI is InChI=1S/C31H30O13/c1-40-30-22(13-21-25(27(30)37)19(34)12-20(42-21)16-5-9-18(33)10-6-16)43-31-29(39)28(38)26(36)23(44-31)14-41-24(35)11-4-15-2-7-17(32)8-3-15/h2-11,13,20,23,26,28-29,31-33,36-39H,12,14H2,1H3. The maximum Gasteiger partial charge on any atom is 0.330 e. The van der Waals surface area contributed by atoms with Gasteiger partial charge in [0.25, 0.3) is 0 Å². The molecule has 2 aliphatic rings. The van der Waals surface area contributed by atoms with Crippen LogP contribution in [0.25, 0.3) is 6.08 Å². The first-order valence-electron chi connectivity index (χ1n) is 13.5. The van der Waals surface area contributed by atoms with E-state index in [1.165, 1.54) is 43.5 Å². The second-order valence-corrected chi connectivity index (χ2v) is 10.1. The topological polar surface area (TPSA) is 202 Å². The fraction of sp³-hybridized carbons (Fsp3) is 0.290. The van der Waals surface area contributed by atoms with Crippen LogP contribution < -0.4 is 14.2 Å². The molecule has 3 aromatic carbocycles. The van der Waals surface area contributed by atoms with Crippen LogP contribution in [0.5, 0.6) is 34.5 Å². The van der Waals surface area contributed by atoms with Crippen molar-refractivity contribution < 1.29 is 63.9 Å². The van der Waals surface area contributed by atoms with Gasteiger partial charge in [0.2, 0.25) is 12.0 Å². The maximum absolute atomic E-state index is 13.0. The lowest BCUT2D eigenvalue weighted by atomic mass is 9.95. The molecule has 1 saturated heterocycles. The smallest absolute Gasteiger partial charge is 0.330 e. The number of hydrogen-bond acceptors (Lipinski definition) is 13. The van der Waals surface area contributed by atoms with E-state index < -0.39 is 60.9 Å². The first kappa shape index (κ1) is 30.6. The van der Waals surface area contributed by atoms with Gasteiger partial charge in [0.1, 0.15) is 59.9 Å². The molecule has 13 nitrogen and oxygen atoms in total. The first-order valence-corrected chi connectivity index (χ1v) is 13.5. The molecule has 0 amide bonds. The summed E-state index contributed by atoms with van der Waals surface area (Å²) >= 11 is 0. The number of aliphatic hydroxyl groups is 3. The Morgan fingerprint density at radius 1 is 0.955 bits per heavy atom. The third-order valence-electron chi connectivity index (χ3n) is 7.18. The van der Waals surface area contributed by atoms with Gasteiger partial charge in [-0.3, -0.25) is 4.79 Å². The highest BCUT2D eigenvalue weighted by Crippen LogP contribution is 2.49. The third kappa shape index (κ3) is 6.40. The predicted octanol–water partition coefficient (Wildman–Crippen LogP) is 1.96. The van der Waals surface area contributed by atoms with Crippen molar-refractivity contribution in [3.8, 4) is 34.5 Å². The number of aliphatic hydroxyl groups excluding tert-OH is 3. The number of carbonyl (C=O) groups excluding carboxylic acids is 2. The Hall–Kier alpha value is -4.82. The Morgan fingerprint density at radius 2 is 1.61 bits per heavy atom. The fourth-order valence-electron chi connectivity index (χ4n) is 4.83. The molecule has 6 unspecified atom stereocenters. The van der Waals surface area contributed by atoms with E-state index in [1.807, 2.05) is 0 Å². The molecule has 0 aliphatic carbocycles. The van der Waals surface area contributed by atoms with Gasteiger partial charge in [-0.15, -0.1) is 0 Å². The summed E-state index contributed by atoms with van der Waals surface area (Å²) in [4.78, 5) is 25.2. The van der Waals surface area contributed by atoms with Crippen LogP contribution in [-0.2, 0) is 14.3 Å². The van der Waals surface area contributed by atoms with Crippen molar-refractivity contribution in [2.24, 2.45) is 0 Å². The van der Waals surface area contributed by atoms with Gasteiger partial charge in [-0.1, -0.05) is 24.3 Å². The van der Waals surface area contributed by atoms with Crippen LogP contribution in [0, 0.1) is 0 Å². The van der Waals surface area contributed by atoms with E-state index >= 15 is 0 Å². The summed E-state index contributed by atoms with van der Waals surface area (Å²) < 4.78 is 27.8. The van der Waals surface area contributed by atoms with E-state index in [9.17, 15) is 40.2 Å². The molecular weight excluding hydrogens is 580 g/mol. The first-order chi connectivity index (χ1) is 21.0. The molecule has 2 heterocycles. The number of phenolic OH excluding ortho intramolecular Hbond substituents is 3. The van der Waals surface area contributed by atoms with Crippen molar-refractivity contribution in [1.29, 1.82) is 0 Å². The van der Waals surface area contributed by atoms with Gasteiger partial charge >= 0.3 is 5.97 Å². The van der Waals surface area contributed by atoms with E-state index in [0.717, 1.165) is 6.08 Å². The lowest BCUT2D eigenvalue weighted by Gasteiger charge is -2.40. The van der Waals surface area contributed by atoms with Crippen LogP contribution in [0.1, 0.15) is 34.0 Å². The van der Waals surface area contributed by atoms with Gasteiger partial charge in [0, 0.05) is 12.1 Å². The van der Waals surface area contributed by atoms with Crippen LogP contribution in [0.4, 0.5) is 0 Å². The number of phenols is 3. The van der Waals surface area contributed by atoms with Crippen molar-refractivity contribution in [3.63, 3.8) is 0 Å². The average Bonchev–Trinajstić information content (AvgIpc) is 3.00. The molecule has 0 bridgehead atoms. The molecule has 6 N–H and O–H groups in total. The summed E-state index contributed by atoms with van der Waals surface area (Å²) in [6.45, 7) is -0.526. The molecule has 2 aliphatic heterocycles. The van der Waals surface area contributed by atoms with Crippen molar-refractivity contribution >= 4 is 17.8 Å². The zero-order chi connectivity index (χ0) is 31.5. The van der Waals surface area contributed by atoms with Gasteiger partial charge in [0.15, 0.2) is 17.3 Å². The lowest BCUT2D eigenvalue weighted by Crippen LogP contribution is -2.60. The molecule has 232 valence electrons. The highest BCUT2D eigenvalue weighted by atomic mass is 16.7. The molecular formula is C31H30O13. The zero-order valence-electron chi connectivity index (χ0n) is 23.3. The number of ketones is 1. The van der Waals surface area contributed by atoms with Gasteiger partial charge in [-0.05, 0) is 41.5 Å². The van der Waals surface area contributed by atoms with Crippen molar-refractivity contribution in [2.45, 2.75) is 43.2 Å². The van der Waals surface area contributed by atoms with E-state index in [-0.39, 0.29) is 40.7 Å². The van der Waals surface area contributed by atoms with E-state index in [1.54, 1.807) is 24.3 Å². The van der Waals surface area contributed by atoms with Gasteiger partial charge in [-0.2, -0.15) is 0 Å². The van der Waals surface area contributed by atoms with Crippen LogP contribution in [0.2, 0.25) is 0 Å². The third-order valence-corrected chi connectivity index (χ3v) is 7.18. The van der Waals surface area contributed by atoms with Crippen LogP contribution in [0.3, 0.4) is 0 Å². The normalized spacial score (nSPS) is 24.8. The monoisotopic (exact) mass is 610 g/mol. The Kier molecular flexibility index (Phi) is 8.92. The molecule has 5 rings (SSSR count). The fourth-order valence-corrected chi connectivity index (χ4v) is 4.83. The SMILES string of the molecule is COc1c(OC2OC(COC(=O)C=Cc3ccc(O)cc3)C(O)C(O)C2O)cc2c(c1O)C(=O)CC(c1ccc(O)cc1)O2. The summed E-state index contributed by atoms with van der Waals surface area (Å²) in [5.41, 5.74) is 1.07. The molecule has 0 radical (unpaired) electrons. The maximum atomic E-state index is 13.0. The number of ether oxygens (including phenoxy) is 5. The lowest BCUT2D eigenvalue weighted by molar-refractivity contribution is -0.278. The number of benzene rings is 3. The van der Waals surface area contributed by atoms with E-state index in [2.05, 4.69) is 0 Å². The molecule has 0 saturated carbocycles. The molecule has 0 spiro atoms. The minimum Gasteiger partial charge on any atom is -0.508 e. The molecule has 13 heteroatoms. The number of aromatic hydroxyl groups is 3. The number of carbonyl (C=O) groups is 2. The summed E-state index contributed by atoms with van der Waals surface area (Å²) in [6, 6.07) is 13.4. The minimum atomic E-state index is -1.79. The highest BCUT2D eigenvalue weighted by Gasteiger charge is 2.46. The zero-order valence-corrected chi connectivity index (χ0v) is 23.3. The van der Waals surface area contributed by atoms with Gasteiger partial charge in [0.05, 0.1) is 13.5 Å². The molecule has 3 aromatic rings. The Labute approximate surface area is 250 Å². The quantitative estimate of drug-likeness (QED) is 0.160. The number of methoxy groups -OCH3 is 1. The number of hydrogen-bond donors (Lipinski definition) is 6. The number of rotatable bonds is 8. The number of esters is 1. The van der Waals surface area contributed by atoms with Crippen LogP contribution >= 0.6 is 0 Å². The highest BCUT2D eigenvalue weighted by molar-refractivity contribution is 6.03. The molecule has 6 atom stereocenters. The number of fused-ring (bicyclic) bond motifs is 1. The molecule has 44 heavy (non-hydrogen) atoms. The Bertz CT molecular complexity index is 1530. The molecule has 0 aromatic heterocycles. The summed E-state index contributed by atoms with van der Waals surface area (Å²) in [5.74, 6) is -2.26. The average molecular weight is 611 g/mol. The predicted molar refractivity (Wildman–Crippen MR) is 150 cm³/mol. The Balaban J connectivity index is 1.32. The minimum absolute atomic E-state index is 0.0336. The summed E-state index contributed by atoms with van der Waals surface area (Å²) in [5, 5.41) is 61.4. The second-order valence-electron chi connectivity index (χ2n) is 10.1. The number of Topliss-reactive ketones (excluding diaryl/α,β-unsaturated/α-hetero) is 1. The van der Waals surface area contributed by atoms with Crippen LogP contribution in [0.15, 0.2) is 60.7 Å². The van der Waals surface area contributed by atoms with Crippen LogP contribution in [-0.4, -0.2) is 86.8 Å².